The van der Waals surface area contributed by atoms with Gasteiger partial charge in [-0.1, -0.05) is 39.3 Å². The van der Waals surface area contributed by atoms with E-state index in [4.69, 9.17) is 4.74 Å². The van der Waals surface area contributed by atoms with Crippen LogP contribution in [0.15, 0.2) is 6.07 Å². The van der Waals surface area contributed by atoms with E-state index in [2.05, 4.69) is 55.3 Å². The molecule has 0 spiro atoms. The number of hydrogen-bond acceptors (Lipinski definition) is 3. The molecule has 0 bridgehead atoms. The fourth-order valence-corrected chi connectivity index (χ4v) is 3.43. The summed E-state index contributed by atoms with van der Waals surface area (Å²) in [6.07, 6.45) is 0. The summed E-state index contributed by atoms with van der Waals surface area (Å²) in [6.45, 7) is 13.8. The molecule has 0 atom stereocenters. The molecular weight excluding hydrogens is 232 g/mol. The predicted molar refractivity (Wildman–Crippen MR) is 74.5 cm³/mol. The summed E-state index contributed by atoms with van der Waals surface area (Å²) in [7, 11) is -1.16. The van der Waals surface area contributed by atoms with Gasteiger partial charge in [0, 0.05) is 10.6 Å². The highest BCUT2D eigenvalue weighted by Gasteiger charge is 2.25. The van der Waals surface area contributed by atoms with Crippen molar-refractivity contribution in [2.24, 2.45) is 0 Å². The molecule has 5 heteroatoms. The van der Waals surface area contributed by atoms with Crippen LogP contribution in [-0.2, 0) is 0 Å². The van der Waals surface area contributed by atoms with E-state index in [9.17, 15) is 0 Å². The number of ether oxygens (including phenoxy) is 1. The molecule has 3 nitrogen and oxygen atoms in total. The zero-order valence-corrected chi connectivity index (χ0v) is 13.4. The quantitative estimate of drug-likeness (QED) is 0.768. The van der Waals surface area contributed by atoms with Crippen molar-refractivity contribution in [3.8, 4) is 6.01 Å². The van der Waals surface area contributed by atoms with Crippen LogP contribution in [0.2, 0.25) is 39.3 Å². The average Bonchev–Trinajstić information content (AvgIpc) is 2.14. The van der Waals surface area contributed by atoms with Gasteiger partial charge in [-0.2, -0.15) is 0 Å². The minimum atomic E-state index is -1.40. The largest absolute Gasteiger partial charge is 0.467 e. The molecule has 1 rings (SSSR count). The van der Waals surface area contributed by atoms with Crippen molar-refractivity contribution < 1.29 is 4.74 Å². The van der Waals surface area contributed by atoms with Crippen LogP contribution in [0.25, 0.3) is 0 Å². The van der Waals surface area contributed by atoms with Crippen molar-refractivity contribution in [3.63, 3.8) is 0 Å². The molecule has 0 N–H and O–H groups in total. The molecule has 1 aromatic rings. The van der Waals surface area contributed by atoms with E-state index in [1.807, 2.05) is 0 Å². The van der Waals surface area contributed by atoms with Gasteiger partial charge in [0.25, 0.3) is 0 Å². The monoisotopic (exact) mass is 254 g/mol. The number of rotatable bonds is 3. The number of aromatic nitrogens is 2. The summed E-state index contributed by atoms with van der Waals surface area (Å²) in [4.78, 5) is 8.97. The van der Waals surface area contributed by atoms with Crippen molar-refractivity contribution in [2.75, 3.05) is 7.11 Å². The minimum Gasteiger partial charge on any atom is -0.467 e. The zero-order valence-electron chi connectivity index (χ0n) is 11.4. The first-order valence-corrected chi connectivity index (χ1v) is 12.6. The maximum Gasteiger partial charge on any atom is 0.315 e. The molecule has 1 aromatic heterocycles. The van der Waals surface area contributed by atoms with E-state index >= 15 is 0 Å². The first-order chi connectivity index (χ1) is 7.14. The Morgan fingerprint density at radius 1 is 0.875 bits per heavy atom. The molecule has 0 amide bonds. The maximum atomic E-state index is 5.21. The van der Waals surface area contributed by atoms with Gasteiger partial charge < -0.3 is 4.74 Å². The van der Waals surface area contributed by atoms with Gasteiger partial charge in [0.1, 0.15) is 16.1 Å². The standard InChI is InChI=1S/C11H22N2OSi2/c1-14-11-12-9(15(2,3)4)8-10(13-11)16(5,6)7/h8H,1-7H3. The molecule has 0 unspecified atom stereocenters. The first-order valence-electron chi connectivity index (χ1n) is 5.58. The summed E-state index contributed by atoms with van der Waals surface area (Å²) in [5.74, 6) is 0. The topological polar surface area (TPSA) is 35.0 Å². The highest BCUT2D eigenvalue weighted by Crippen LogP contribution is 2.06. The van der Waals surface area contributed by atoms with E-state index < -0.39 is 16.1 Å². The third-order valence-electron chi connectivity index (χ3n) is 2.43. The lowest BCUT2D eigenvalue weighted by molar-refractivity contribution is 0.382. The molecule has 0 aliphatic rings. The summed E-state index contributed by atoms with van der Waals surface area (Å²) in [6, 6.07) is 2.72. The van der Waals surface area contributed by atoms with Crippen LogP contribution in [0.4, 0.5) is 0 Å². The average molecular weight is 254 g/mol. The first kappa shape index (κ1) is 13.4. The molecule has 16 heavy (non-hydrogen) atoms. The Balaban J connectivity index is 3.33. The minimum absolute atomic E-state index is 0.525. The number of methoxy groups -OCH3 is 1. The van der Waals surface area contributed by atoms with Gasteiger partial charge in [0.2, 0.25) is 0 Å². The van der Waals surface area contributed by atoms with Gasteiger partial charge in [-0.15, -0.1) is 0 Å². The number of hydrogen-bond donors (Lipinski definition) is 0. The molecule has 0 aromatic carbocycles. The lowest BCUT2D eigenvalue weighted by atomic mass is 10.7. The molecule has 0 aliphatic heterocycles. The second-order valence-electron chi connectivity index (χ2n) is 6.13. The van der Waals surface area contributed by atoms with Crippen LogP contribution >= 0.6 is 0 Å². The molecule has 0 saturated heterocycles. The van der Waals surface area contributed by atoms with Crippen molar-refractivity contribution >= 4 is 26.8 Å². The van der Waals surface area contributed by atoms with Crippen molar-refractivity contribution in [3.05, 3.63) is 6.07 Å². The smallest absolute Gasteiger partial charge is 0.315 e. The van der Waals surface area contributed by atoms with Crippen LogP contribution in [0, 0.1) is 0 Å². The van der Waals surface area contributed by atoms with Gasteiger partial charge in [-0.25, -0.2) is 9.97 Å². The van der Waals surface area contributed by atoms with Gasteiger partial charge in [-0.3, -0.25) is 0 Å². The second-order valence-corrected chi connectivity index (χ2v) is 16.1. The third kappa shape index (κ3) is 3.15. The Morgan fingerprint density at radius 3 is 1.50 bits per heavy atom. The SMILES string of the molecule is COc1nc([Si](C)(C)C)cc([Si](C)(C)C)n1. The molecule has 90 valence electrons. The molecule has 0 saturated carbocycles. The van der Waals surface area contributed by atoms with Crippen LogP contribution in [0.1, 0.15) is 0 Å². The van der Waals surface area contributed by atoms with Crippen molar-refractivity contribution in [1.29, 1.82) is 0 Å². The normalized spacial score (nSPS) is 12.7. The Hall–Kier alpha value is -0.686. The fourth-order valence-electron chi connectivity index (χ4n) is 1.28. The lowest BCUT2D eigenvalue weighted by Crippen LogP contribution is -2.48. The Morgan fingerprint density at radius 2 is 1.25 bits per heavy atom. The van der Waals surface area contributed by atoms with Gasteiger partial charge in [-0.05, 0) is 6.07 Å². The maximum absolute atomic E-state index is 5.21. The number of nitrogens with zero attached hydrogens (tertiary/aromatic N) is 2. The van der Waals surface area contributed by atoms with Crippen molar-refractivity contribution in [1.82, 2.24) is 9.97 Å². The van der Waals surface area contributed by atoms with Crippen molar-refractivity contribution in [2.45, 2.75) is 39.3 Å². The zero-order chi connectivity index (χ0) is 12.6. The summed E-state index contributed by atoms with van der Waals surface area (Å²) < 4.78 is 5.21. The lowest BCUT2D eigenvalue weighted by Gasteiger charge is -2.21. The molecule has 0 fully saturated rings. The van der Waals surface area contributed by atoms with Crippen LogP contribution < -0.4 is 15.4 Å². The highest BCUT2D eigenvalue weighted by molar-refractivity contribution is 6.90. The van der Waals surface area contributed by atoms with E-state index in [-0.39, 0.29) is 0 Å². The molecule has 0 radical (unpaired) electrons. The summed E-state index contributed by atoms with van der Waals surface area (Å²) >= 11 is 0. The Bertz CT molecular complexity index is 348. The van der Waals surface area contributed by atoms with Crippen LogP contribution in [0.5, 0.6) is 6.01 Å². The summed E-state index contributed by atoms with van der Waals surface area (Å²) in [5, 5.41) is 2.38. The fraction of sp³-hybridized carbons (Fsp3) is 0.636. The highest BCUT2D eigenvalue weighted by atomic mass is 28.3. The second kappa shape index (κ2) is 4.29. The van der Waals surface area contributed by atoms with Crippen LogP contribution in [-0.4, -0.2) is 33.2 Å². The van der Waals surface area contributed by atoms with E-state index in [1.165, 1.54) is 10.6 Å². The van der Waals surface area contributed by atoms with E-state index in [0.29, 0.717) is 6.01 Å². The Labute approximate surface area is 100 Å². The molecular formula is C11H22N2OSi2. The van der Waals surface area contributed by atoms with Gasteiger partial charge in [0.05, 0.1) is 7.11 Å². The van der Waals surface area contributed by atoms with E-state index in [0.717, 1.165) is 0 Å². The molecule has 1 heterocycles. The van der Waals surface area contributed by atoms with Gasteiger partial charge in [0.15, 0.2) is 0 Å². The van der Waals surface area contributed by atoms with Crippen LogP contribution in [0.3, 0.4) is 0 Å². The van der Waals surface area contributed by atoms with Gasteiger partial charge >= 0.3 is 6.01 Å². The Kier molecular flexibility index (Phi) is 3.59. The molecule has 0 aliphatic carbocycles. The third-order valence-corrected chi connectivity index (χ3v) is 6.01. The van der Waals surface area contributed by atoms with E-state index in [1.54, 1.807) is 7.11 Å². The predicted octanol–water partition coefficient (Wildman–Crippen LogP) is 1.58. The summed E-state index contributed by atoms with van der Waals surface area (Å²) in [5.41, 5.74) is 0.